The molecule has 1 unspecified atom stereocenters. The monoisotopic (exact) mass is 197 g/mol. The van der Waals surface area contributed by atoms with Crippen molar-refractivity contribution in [2.45, 2.75) is 65.3 Å². The number of hydrogen-bond acceptors (Lipinski definition) is 1. The van der Waals surface area contributed by atoms with Crippen molar-refractivity contribution in [3.8, 4) is 0 Å². The summed E-state index contributed by atoms with van der Waals surface area (Å²) in [5, 5.41) is 3.76. The first-order valence-electron chi connectivity index (χ1n) is 6.51. The molecule has 1 heterocycles. The third-order valence-electron chi connectivity index (χ3n) is 3.89. The van der Waals surface area contributed by atoms with Crippen LogP contribution >= 0.6 is 0 Å². The maximum atomic E-state index is 3.76. The minimum absolute atomic E-state index is 0.766. The highest BCUT2D eigenvalue weighted by molar-refractivity contribution is 4.76. The zero-order valence-electron chi connectivity index (χ0n) is 10.2. The predicted octanol–water partition coefficient (Wildman–Crippen LogP) is 3.59. The molecule has 1 heteroatoms. The van der Waals surface area contributed by atoms with Gasteiger partial charge >= 0.3 is 0 Å². The Bertz CT molecular complexity index is 144. The lowest BCUT2D eigenvalue weighted by Gasteiger charge is -2.24. The van der Waals surface area contributed by atoms with E-state index in [1.807, 2.05) is 0 Å². The Balaban J connectivity index is 2.45. The number of nitrogens with one attached hydrogen (secondary N) is 1. The third kappa shape index (κ3) is 3.61. The summed E-state index contributed by atoms with van der Waals surface area (Å²) in [6, 6.07) is 0.766. The van der Waals surface area contributed by atoms with E-state index in [0.29, 0.717) is 0 Å². The van der Waals surface area contributed by atoms with E-state index in [2.05, 4.69) is 26.1 Å². The maximum absolute atomic E-state index is 3.76. The fourth-order valence-corrected chi connectivity index (χ4v) is 2.62. The molecule has 1 aliphatic heterocycles. The van der Waals surface area contributed by atoms with Crippen LogP contribution in [0.1, 0.15) is 59.3 Å². The van der Waals surface area contributed by atoms with Crippen molar-refractivity contribution in [1.29, 1.82) is 0 Å². The van der Waals surface area contributed by atoms with Gasteiger partial charge in [-0.3, -0.25) is 0 Å². The fraction of sp³-hybridized carbons (Fsp3) is 1.00. The lowest BCUT2D eigenvalue weighted by Crippen LogP contribution is -2.36. The Morgan fingerprint density at radius 3 is 2.43 bits per heavy atom. The lowest BCUT2D eigenvalue weighted by atomic mass is 9.94. The highest BCUT2D eigenvalue weighted by Crippen LogP contribution is 2.21. The smallest absolute Gasteiger partial charge is 0.00901 e. The molecule has 0 aromatic carbocycles. The van der Waals surface area contributed by atoms with Gasteiger partial charge in [0.15, 0.2) is 0 Å². The molecule has 1 rings (SSSR count). The van der Waals surface area contributed by atoms with Crippen LogP contribution in [0.2, 0.25) is 0 Å². The van der Waals surface area contributed by atoms with Gasteiger partial charge in [-0.15, -0.1) is 0 Å². The van der Waals surface area contributed by atoms with Crippen LogP contribution < -0.4 is 5.32 Å². The summed E-state index contributed by atoms with van der Waals surface area (Å²) < 4.78 is 0. The van der Waals surface area contributed by atoms with Crippen LogP contribution in [0.25, 0.3) is 0 Å². The summed E-state index contributed by atoms with van der Waals surface area (Å²) in [4.78, 5) is 0. The summed E-state index contributed by atoms with van der Waals surface area (Å²) >= 11 is 0. The predicted molar refractivity (Wildman–Crippen MR) is 63.5 cm³/mol. The van der Waals surface area contributed by atoms with Gasteiger partial charge in [0.2, 0.25) is 0 Å². The van der Waals surface area contributed by atoms with E-state index in [1.165, 1.54) is 45.1 Å². The fourth-order valence-electron chi connectivity index (χ4n) is 2.62. The van der Waals surface area contributed by atoms with Crippen LogP contribution in [0.15, 0.2) is 0 Å². The highest BCUT2D eigenvalue weighted by Gasteiger charge is 2.18. The molecule has 0 bridgehead atoms. The molecule has 3 atom stereocenters. The van der Waals surface area contributed by atoms with E-state index in [1.54, 1.807) is 0 Å². The molecular formula is C13H27N. The minimum Gasteiger partial charge on any atom is -0.313 e. The molecule has 0 spiro atoms. The summed E-state index contributed by atoms with van der Waals surface area (Å²) in [5.41, 5.74) is 0. The molecule has 0 aromatic rings. The number of rotatable bonds is 2. The molecule has 1 aliphatic rings. The van der Waals surface area contributed by atoms with E-state index < -0.39 is 0 Å². The first-order valence-corrected chi connectivity index (χ1v) is 6.51. The Kier molecular flexibility index (Phi) is 5.54. The van der Waals surface area contributed by atoms with E-state index in [4.69, 9.17) is 0 Å². The Morgan fingerprint density at radius 2 is 1.79 bits per heavy atom. The van der Waals surface area contributed by atoms with Crippen LogP contribution in [-0.2, 0) is 0 Å². The highest BCUT2D eigenvalue weighted by atomic mass is 14.9. The van der Waals surface area contributed by atoms with Crippen molar-refractivity contribution in [1.82, 2.24) is 5.32 Å². The molecule has 0 amide bonds. The summed E-state index contributed by atoms with van der Waals surface area (Å²) in [6.45, 7) is 8.30. The van der Waals surface area contributed by atoms with Gasteiger partial charge in [-0.1, -0.05) is 40.0 Å². The molecule has 1 saturated heterocycles. The van der Waals surface area contributed by atoms with Gasteiger partial charge in [0.05, 0.1) is 0 Å². The van der Waals surface area contributed by atoms with E-state index in [9.17, 15) is 0 Å². The summed E-state index contributed by atoms with van der Waals surface area (Å²) in [7, 11) is 0. The minimum atomic E-state index is 0.766. The van der Waals surface area contributed by atoms with Crippen LogP contribution in [-0.4, -0.2) is 12.6 Å². The van der Waals surface area contributed by atoms with E-state index >= 15 is 0 Å². The maximum Gasteiger partial charge on any atom is 0.00901 e. The second-order valence-corrected chi connectivity index (χ2v) is 4.96. The van der Waals surface area contributed by atoms with Crippen molar-refractivity contribution in [2.24, 2.45) is 11.8 Å². The van der Waals surface area contributed by atoms with Gasteiger partial charge in [-0.2, -0.15) is 0 Å². The molecule has 1 N–H and O–H groups in total. The van der Waals surface area contributed by atoms with Gasteiger partial charge in [0, 0.05) is 6.04 Å². The van der Waals surface area contributed by atoms with Crippen molar-refractivity contribution in [3.63, 3.8) is 0 Å². The SMILES string of the molecule is CC[C@H]1CCCCC(C)[C@H](CC)NC1. The average molecular weight is 197 g/mol. The van der Waals surface area contributed by atoms with Gasteiger partial charge in [-0.05, 0) is 37.6 Å². The zero-order chi connectivity index (χ0) is 10.4. The average Bonchev–Trinajstić information content (AvgIpc) is 2.29. The quantitative estimate of drug-likeness (QED) is 0.713. The van der Waals surface area contributed by atoms with Crippen LogP contribution in [0, 0.1) is 11.8 Å². The van der Waals surface area contributed by atoms with Crippen molar-refractivity contribution in [3.05, 3.63) is 0 Å². The molecule has 1 fully saturated rings. The van der Waals surface area contributed by atoms with E-state index in [0.717, 1.165) is 17.9 Å². The van der Waals surface area contributed by atoms with Gasteiger partial charge in [0.1, 0.15) is 0 Å². The third-order valence-corrected chi connectivity index (χ3v) is 3.89. The van der Waals surface area contributed by atoms with Gasteiger partial charge < -0.3 is 5.32 Å². The number of hydrogen-bond donors (Lipinski definition) is 1. The van der Waals surface area contributed by atoms with Crippen molar-refractivity contribution >= 4 is 0 Å². The second-order valence-electron chi connectivity index (χ2n) is 4.96. The Hall–Kier alpha value is -0.0400. The van der Waals surface area contributed by atoms with E-state index in [-0.39, 0.29) is 0 Å². The van der Waals surface area contributed by atoms with Crippen LogP contribution in [0.4, 0.5) is 0 Å². The standard InChI is InChI=1S/C13H27N/c1-4-12-9-7-6-8-11(3)13(5-2)14-10-12/h11-14H,4-10H2,1-3H3/t11?,12-,13-/m0/s1. The summed E-state index contributed by atoms with van der Waals surface area (Å²) in [6.07, 6.45) is 8.38. The molecule has 84 valence electrons. The largest absolute Gasteiger partial charge is 0.313 e. The molecule has 1 nitrogen and oxygen atoms in total. The normalized spacial score (nSPS) is 35.8. The van der Waals surface area contributed by atoms with Crippen LogP contribution in [0.5, 0.6) is 0 Å². The lowest BCUT2D eigenvalue weighted by molar-refractivity contribution is 0.335. The molecule has 14 heavy (non-hydrogen) atoms. The molecule has 0 aliphatic carbocycles. The van der Waals surface area contributed by atoms with Gasteiger partial charge in [-0.25, -0.2) is 0 Å². The zero-order valence-corrected chi connectivity index (χ0v) is 10.2. The Morgan fingerprint density at radius 1 is 1.07 bits per heavy atom. The second kappa shape index (κ2) is 6.44. The summed E-state index contributed by atoms with van der Waals surface area (Å²) in [5.74, 6) is 1.80. The molecule has 0 radical (unpaired) electrons. The Labute approximate surface area is 89.7 Å². The van der Waals surface area contributed by atoms with Crippen molar-refractivity contribution in [2.75, 3.05) is 6.54 Å². The molecular weight excluding hydrogens is 170 g/mol. The van der Waals surface area contributed by atoms with Crippen LogP contribution in [0.3, 0.4) is 0 Å². The molecule has 0 saturated carbocycles. The topological polar surface area (TPSA) is 12.0 Å². The van der Waals surface area contributed by atoms with Gasteiger partial charge in [0.25, 0.3) is 0 Å². The molecule has 0 aromatic heterocycles. The van der Waals surface area contributed by atoms with Crippen molar-refractivity contribution < 1.29 is 0 Å². The first-order chi connectivity index (χ1) is 6.77. The first kappa shape index (κ1) is 12.0.